The highest BCUT2D eigenvalue weighted by Crippen LogP contribution is 2.46. The fourth-order valence-electron chi connectivity index (χ4n) is 4.61. The van der Waals surface area contributed by atoms with Gasteiger partial charge in [-0.2, -0.15) is 10.5 Å². The molecule has 2 heteroatoms. The van der Waals surface area contributed by atoms with Gasteiger partial charge in [-0.1, -0.05) is 48.5 Å². The molecule has 0 N–H and O–H groups in total. The Labute approximate surface area is 148 Å². The summed E-state index contributed by atoms with van der Waals surface area (Å²) in [5.41, 5.74) is 1.41. The molecular formula is C24H10N2. The van der Waals surface area contributed by atoms with Crippen molar-refractivity contribution in [2.75, 3.05) is 0 Å². The molecule has 0 aliphatic carbocycles. The maximum Gasteiger partial charge on any atom is 0.0998 e. The van der Waals surface area contributed by atoms with E-state index >= 15 is 0 Å². The minimum Gasteiger partial charge on any atom is -0.192 e. The molecule has 0 aliphatic heterocycles. The maximum atomic E-state index is 9.65. The summed E-state index contributed by atoms with van der Waals surface area (Å²) < 4.78 is 0. The minimum atomic E-state index is 0.706. The van der Waals surface area contributed by atoms with E-state index in [2.05, 4.69) is 36.4 Å². The van der Waals surface area contributed by atoms with E-state index < -0.39 is 0 Å². The van der Waals surface area contributed by atoms with E-state index in [0.717, 1.165) is 43.1 Å². The summed E-state index contributed by atoms with van der Waals surface area (Å²) in [5.74, 6) is 0. The molecule has 0 amide bonds. The van der Waals surface area contributed by atoms with Gasteiger partial charge in [0.2, 0.25) is 0 Å². The van der Waals surface area contributed by atoms with Crippen LogP contribution in [-0.4, -0.2) is 0 Å². The molecule has 0 spiro atoms. The summed E-state index contributed by atoms with van der Waals surface area (Å²) in [4.78, 5) is 0. The van der Waals surface area contributed by atoms with Gasteiger partial charge in [0, 0.05) is 10.8 Å². The lowest BCUT2D eigenvalue weighted by molar-refractivity contribution is 1.51. The molecule has 6 aromatic carbocycles. The molecule has 0 heterocycles. The van der Waals surface area contributed by atoms with Crippen molar-refractivity contribution >= 4 is 53.9 Å². The van der Waals surface area contributed by atoms with Crippen molar-refractivity contribution in [3.05, 3.63) is 71.8 Å². The van der Waals surface area contributed by atoms with Crippen LogP contribution in [0.15, 0.2) is 60.7 Å². The Morgan fingerprint density at radius 1 is 0.500 bits per heavy atom. The fourth-order valence-corrected chi connectivity index (χ4v) is 4.61. The van der Waals surface area contributed by atoms with Crippen molar-refractivity contribution in [2.24, 2.45) is 0 Å². The first-order chi connectivity index (χ1) is 12.8. The van der Waals surface area contributed by atoms with Crippen LogP contribution in [-0.2, 0) is 0 Å². The smallest absolute Gasteiger partial charge is 0.0998 e. The molecule has 0 radical (unpaired) electrons. The highest BCUT2D eigenvalue weighted by molar-refractivity contribution is 6.40. The molecule has 0 unspecified atom stereocenters. The van der Waals surface area contributed by atoms with Crippen LogP contribution in [0.25, 0.3) is 53.9 Å². The monoisotopic (exact) mass is 326 g/mol. The highest BCUT2D eigenvalue weighted by Gasteiger charge is 2.19. The van der Waals surface area contributed by atoms with Gasteiger partial charge in [-0.15, -0.1) is 0 Å². The third-order valence-corrected chi connectivity index (χ3v) is 5.61. The zero-order chi connectivity index (χ0) is 17.4. The second kappa shape index (κ2) is 4.39. The molecular weight excluding hydrogens is 316 g/mol. The van der Waals surface area contributed by atoms with E-state index in [4.69, 9.17) is 0 Å². The first-order valence-corrected chi connectivity index (χ1v) is 8.50. The normalized spacial score (nSPS) is 11.8. The van der Waals surface area contributed by atoms with E-state index in [9.17, 15) is 10.5 Å². The van der Waals surface area contributed by atoms with Gasteiger partial charge in [-0.3, -0.25) is 0 Å². The first kappa shape index (κ1) is 13.4. The standard InChI is InChI=1S/C24H10N2/c25-11-15-9-13-7-8-14-10-16(12-26)18-4-2-6-20-19-5-1-3-17(15)23(19)21(13)22(14)24(18)20/h1-10H. The fraction of sp³-hybridized carbons (Fsp3) is 0. The molecule has 0 aliphatic rings. The Kier molecular flexibility index (Phi) is 2.27. The van der Waals surface area contributed by atoms with Gasteiger partial charge in [0.1, 0.15) is 0 Å². The lowest BCUT2D eigenvalue weighted by Crippen LogP contribution is -1.93. The van der Waals surface area contributed by atoms with Crippen LogP contribution in [0.2, 0.25) is 0 Å². The Bertz CT molecular complexity index is 1470. The van der Waals surface area contributed by atoms with Crippen LogP contribution >= 0.6 is 0 Å². The highest BCUT2D eigenvalue weighted by atomic mass is 14.3. The van der Waals surface area contributed by atoms with Crippen LogP contribution in [0.5, 0.6) is 0 Å². The van der Waals surface area contributed by atoms with Crippen molar-refractivity contribution in [3.8, 4) is 12.1 Å². The van der Waals surface area contributed by atoms with Crippen LogP contribution in [0.1, 0.15) is 11.1 Å². The van der Waals surface area contributed by atoms with Crippen LogP contribution in [0.4, 0.5) is 0 Å². The predicted octanol–water partition coefficient (Wildman–Crippen LogP) is 6.07. The number of benzene rings is 6. The van der Waals surface area contributed by atoms with E-state index in [1.54, 1.807) is 0 Å². The summed E-state index contributed by atoms with van der Waals surface area (Å²) in [5, 5.41) is 30.4. The third kappa shape index (κ3) is 1.38. The third-order valence-electron chi connectivity index (χ3n) is 5.61. The average Bonchev–Trinajstić information content (AvgIpc) is 2.71. The van der Waals surface area contributed by atoms with Crippen molar-refractivity contribution in [1.82, 2.24) is 0 Å². The van der Waals surface area contributed by atoms with Crippen molar-refractivity contribution in [1.29, 1.82) is 10.5 Å². The average molecular weight is 326 g/mol. The molecule has 0 saturated carbocycles. The van der Waals surface area contributed by atoms with Gasteiger partial charge in [-0.05, 0) is 55.2 Å². The molecule has 6 rings (SSSR count). The quantitative estimate of drug-likeness (QED) is 0.251. The number of hydrogen-bond donors (Lipinski definition) is 0. The molecule has 0 fully saturated rings. The zero-order valence-electron chi connectivity index (χ0n) is 13.7. The van der Waals surface area contributed by atoms with E-state index in [0.29, 0.717) is 11.1 Å². The molecule has 0 bridgehead atoms. The SMILES string of the molecule is N#Cc1cc2ccc3cc(C#N)c4cccc5c6cccc1c6c2c3c45. The van der Waals surface area contributed by atoms with Crippen LogP contribution in [0, 0.1) is 22.7 Å². The second-order valence-electron chi connectivity index (χ2n) is 6.79. The van der Waals surface area contributed by atoms with E-state index in [-0.39, 0.29) is 0 Å². The Morgan fingerprint density at radius 3 is 1.35 bits per heavy atom. The number of nitrogens with zero attached hydrogens (tertiary/aromatic N) is 2. The van der Waals surface area contributed by atoms with Gasteiger partial charge in [0.25, 0.3) is 0 Å². The summed E-state index contributed by atoms with van der Waals surface area (Å²) >= 11 is 0. The maximum absolute atomic E-state index is 9.65. The van der Waals surface area contributed by atoms with Crippen molar-refractivity contribution in [2.45, 2.75) is 0 Å². The number of rotatable bonds is 0. The second-order valence-corrected chi connectivity index (χ2v) is 6.79. The van der Waals surface area contributed by atoms with Crippen molar-refractivity contribution < 1.29 is 0 Å². The predicted molar refractivity (Wildman–Crippen MR) is 106 cm³/mol. The van der Waals surface area contributed by atoms with E-state index in [1.165, 1.54) is 10.8 Å². The Hall–Kier alpha value is -3.88. The number of nitriles is 2. The van der Waals surface area contributed by atoms with Crippen LogP contribution in [0.3, 0.4) is 0 Å². The Balaban J connectivity index is 2.14. The van der Waals surface area contributed by atoms with Gasteiger partial charge in [0.05, 0.1) is 23.3 Å². The van der Waals surface area contributed by atoms with Gasteiger partial charge >= 0.3 is 0 Å². The summed E-state index contributed by atoms with van der Waals surface area (Å²) in [6.45, 7) is 0. The summed E-state index contributed by atoms with van der Waals surface area (Å²) in [6, 6.07) is 25.2. The molecule has 0 atom stereocenters. The Morgan fingerprint density at radius 2 is 0.923 bits per heavy atom. The molecule has 0 aromatic heterocycles. The first-order valence-electron chi connectivity index (χ1n) is 8.50. The molecule has 26 heavy (non-hydrogen) atoms. The van der Waals surface area contributed by atoms with Crippen molar-refractivity contribution in [3.63, 3.8) is 0 Å². The van der Waals surface area contributed by atoms with E-state index in [1.807, 2.05) is 36.4 Å². The van der Waals surface area contributed by atoms with Gasteiger partial charge in [0.15, 0.2) is 0 Å². The zero-order valence-corrected chi connectivity index (χ0v) is 13.7. The molecule has 116 valence electrons. The van der Waals surface area contributed by atoms with Crippen LogP contribution < -0.4 is 0 Å². The lowest BCUT2D eigenvalue weighted by Gasteiger charge is -2.18. The molecule has 2 nitrogen and oxygen atoms in total. The lowest BCUT2D eigenvalue weighted by atomic mass is 9.83. The number of hydrogen-bond acceptors (Lipinski definition) is 2. The molecule has 0 saturated heterocycles. The molecule has 6 aromatic rings. The van der Waals surface area contributed by atoms with Gasteiger partial charge < -0.3 is 0 Å². The topological polar surface area (TPSA) is 47.6 Å². The number of fused-ring (bicyclic) bond motifs is 1. The summed E-state index contributed by atoms with van der Waals surface area (Å²) in [6.07, 6.45) is 0. The minimum absolute atomic E-state index is 0.706. The summed E-state index contributed by atoms with van der Waals surface area (Å²) in [7, 11) is 0. The largest absolute Gasteiger partial charge is 0.192 e. The van der Waals surface area contributed by atoms with Gasteiger partial charge in [-0.25, -0.2) is 0 Å².